The number of nitrogens with one attached hydrogen (secondary N) is 1. The van der Waals surface area contributed by atoms with Gasteiger partial charge in [-0.1, -0.05) is 0 Å². The number of aliphatic hydroxyl groups excluding tert-OH is 1. The van der Waals surface area contributed by atoms with E-state index in [0.29, 0.717) is 30.2 Å². The Morgan fingerprint density at radius 2 is 1.97 bits per heavy atom. The summed E-state index contributed by atoms with van der Waals surface area (Å²) in [6.07, 6.45) is 0.805. The molecule has 0 unspecified atom stereocenters. The van der Waals surface area contributed by atoms with Gasteiger partial charge in [-0.2, -0.15) is 0 Å². The summed E-state index contributed by atoms with van der Waals surface area (Å²) < 4.78 is 16.6. The Labute approximate surface area is 171 Å². The molecule has 1 aromatic rings. The molecular weight excluding hydrogens is 376 g/mol. The molecule has 1 aromatic carbocycles. The highest BCUT2D eigenvalue weighted by Crippen LogP contribution is 2.28. The summed E-state index contributed by atoms with van der Waals surface area (Å²) in [5, 5.41) is 11.4. The SMILES string of the molecule is CNC(=O)[C@@]1(CCC(=O)OC(C)(C)C)COC(c2ccc(OCCCO)cc2)=N1. The Morgan fingerprint density at radius 3 is 2.55 bits per heavy atom. The smallest absolute Gasteiger partial charge is 0.306 e. The van der Waals surface area contributed by atoms with Crippen molar-refractivity contribution in [3.8, 4) is 5.75 Å². The number of ether oxygens (including phenoxy) is 3. The molecule has 2 rings (SSSR count). The summed E-state index contributed by atoms with van der Waals surface area (Å²) in [6.45, 7) is 5.95. The molecule has 0 bridgehead atoms. The van der Waals surface area contributed by atoms with E-state index in [1.54, 1.807) is 45.0 Å². The van der Waals surface area contributed by atoms with Crippen LogP contribution in [0.5, 0.6) is 5.75 Å². The van der Waals surface area contributed by atoms with E-state index < -0.39 is 11.1 Å². The van der Waals surface area contributed by atoms with Crippen LogP contribution in [0.2, 0.25) is 0 Å². The summed E-state index contributed by atoms with van der Waals surface area (Å²) in [5.41, 5.74) is -1.04. The first kappa shape index (κ1) is 22.7. The van der Waals surface area contributed by atoms with Crippen molar-refractivity contribution < 1.29 is 28.9 Å². The topological polar surface area (TPSA) is 106 Å². The van der Waals surface area contributed by atoms with Gasteiger partial charge < -0.3 is 24.6 Å². The van der Waals surface area contributed by atoms with Gasteiger partial charge in [0.25, 0.3) is 5.91 Å². The quantitative estimate of drug-likeness (QED) is 0.479. The third-order valence-corrected chi connectivity index (χ3v) is 4.25. The maximum absolute atomic E-state index is 12.5. The van der Waals surface area contributed by atoms with Gasteiger partial charge in [0.05, 0.1) is 6.61 Å². The van der Waals surface area contributed by atoms with Crippen molar-refractivity contribution in [1.82, 2.24) is 5.32 Å². The molecule has 0 aliphatic carbocycles. The van der Waals surface area contributed by atoms with Crippen LogP contribution >= 0.6 is 0 Å². The van der Waals surface area contributed by atoms with Crippen LogP contribution < -0.4 is 10.1 Å². The van der Waals surface area contributed by atoms with Gasteiger partial charge in [-0.3, -0.25) is 9.59 Å². The second-order valence-electron chi connectivity index (χ2n) is 7.85. The fraction of sp³-hybridized carbons (Fsp3) is 0.571. The zero-order valence-electron chi connectivity index (χ0n) is 17.5. The molecule has 1 amide bonds. The number of amides is 1. The second kappa shape index (κ2) is 9.73. The van der Waals surface area contributed by atoms with Crippen molar-refractivity contribution >= 4 is 17.8 Å². The number of carbonyl (C=O) groups excluding carboxylic acids is 2. The molecule has 8 heteroatoms. The van der Waals surface area contributed by atoms with E-state index in [4.69, 9.17) is 19.3 Å². The Balaban J connectivity index is 2.11. The largest absolute Gasteiger partial charge is 0.494 e. The molecule has 8 nitrogen and oxygen atoms in total. The van der Waals surface area contributed by atoms with Gasteiger partial charge >= 0.3 is 5.97 Å². The van der Waals surface area contributed by atoms with Gasteiger partial charge in [-0.05, 0) is 51.5 Å². The molecule has 1 heterocycles. The fourth-order valence-electron chi connectivity index (χ4n) is 2.83. The van der Waals surface area contributed by atoms with E-state index in [1.165, 1.54) is 7.05 Å². The van der Waals surface area contributed by atoms with Crippen LogP contribution in [0.1, 0.15) is 45.6 Å². The van der Waals surface area contributed by atoms with Crippen molar-refractivity contribution in [3.05, 3.63) is 29.8 Å². The Bertz CT molecular complexity index is 739. The summed E-state index contributed by atoms with van der Waals surface area (Å²) in [4.78, 5) is 29.1. The lowest BCUT2D eigenvalue weighted by molar-refractivity contribution is -0.155. The minimum absolute atomic E-state index is 0.0551. The van der Waals surface area contributed by atoms with E-state index >= 15 is 0 Å². The van der Waals surface area contributed by atoms with Crippen LogP contribution in [0.4, 0.5) is 0 Å². The molecule has 1 atom stereocenters. The first-order valence-electron chi connectivity index (χ1n) is 9.70. The van der Waals surface area contributed by atoms with Gasteiger partial charge in [-0.15, -0.1) is 0 Å². The van der Waals surface area contributed by atoms with Crippen molar-refractivity contribution in [3.63, 3.8) is 0 Å². The third-order valence-electron chi connectivity index (χ3n) is 4.25. The van der Waals surface area contributed by atoms with E-state index in [9.17, 15) is 9.59 Å². The minimum atomic E-state index is -1.17. The number of aliphatic hydroxyl groups is 1. The van der Waals surface area contributed by atoms with Gasteiger partial charge in [0.2, 0.25) is 5.90 Å². The number of nitrogens with zero attached hydrogens (tertiary/aromatic N) is 1. The molecule has 0 spiro atoms. The molecule has 0 saturated heterocycles. The Kier molecular flexibility index (Phi) is 7.61. The lowest BCUT2D eigenvalue weighted by Gasteiger charge is -2.23. The van der Waals surface area contributed by atoms with Gasteiger partial charge in [0.15, 0.2) is 5.54 Å². The van der Waals surface area contributed by atoms with Gasteiger partial charge in [-0.25, -0.2) is 4.99 Å². The Morgan fingerprint density at radius 1 is 1.28 bits per heavy atom. The standard InChI is InChI=1S/C21H30N2O6/c1-20(2,3)29-17(25)10-11-21(19(26)22-4)14-28-18(23-21)15-6-8-16(9-7-15)27-13-5-12-24/h6-9,24H,5,10-14H2,1-4H3,(H,22,26)/t21-/m1/s1. The average Bonchev–Trinajstić information content (AvgIpc) is 3.11. The van der Waals surface area contributed by atoms with Crippen LogP contribution in [-0.2, 0) is 19.1 Å². The maximum atomic E-state index is 12.5. The molecule has 160 valence electrons. The Hall–Kier alpha value is -2.61. The average molecular weight is 406 g/mol. The van der Waals surface area contributed by atoms with E-state index in [1.807, 2.05) is 0 Å². The predicted octanol–water partition coefficient (Wildman–Crippen LogP) is 1.83. The van der Waals surface area contributed by atoms with E-state index in [0.717, 1.165) is 0 Å². The predicted molar refractivity (Wildman–Crippen MR) is 108 cm³/mol. The number of likely N-dealkylation sites (N-methyl/N-ethyl adjacent to an activating group) is 1. The third kappa shape index (κ3) is 6.45. The number of hydrogen-bond donors (Lipinski definition) is 2. The van der Waals surface area contributed by atoms with Crippen LogP contribution in [0, 0.1) is 0 Å². The molecule has 1 aliphatic heterocycles. The van der Waals surface area contributed by atoms with Crippen LogP contribution in [0.3, 0.4) is 0 Å². The molecule has 0 fully saturated rings. The second-order valence-corrected chi connectivity index (χ2v) is 7.85. The van der Waals surface area contributed by atoms with Crippen LogP contribution in [0.15, 0.2) is 29.3 Å². The van der Waals surface area contributed by atoms with Gasteiger partial charge in [0.1, 0.15) is 18.0 Å². The number of aliphatic imine (C=N–C) groups is 1. The lowest BCUT2D eigenvalue weighted by Crippen LogP contribution is -2.45. The lowest BCUT2D eigenvalue weighted by atomic mass is 9.94. The summed E-state index contributed by atoms with van der Waals surface area (Å²) in [6, 6.07) is 7.14. The normalized spacial score (nSPS) is 18.6. The zero-order valence-corrected chi connectivity index (χ0v) is 17.5. The monoisotopic (exact) mass is 406 g/mol. The fourth-order valence-corrected chi connectivity index (χ4v) is 2.83. The molecule has 0 aromatic heterocycles. The van der Waals surface area contributed by atoms with E-state index in [2.05, 4.69) is 10.3 Å². The molecule has 0 radical (unpaired) electrons. The summed E-state index contributed by atoms with van der Waals surface area (Å²) in [7, 11) is 1.53. The zero-order chi connectivity index (χ0) is 21.5. The molecular formula is C21H30N2O6. The number of carbonyl (C=O) groups is 2. The van der Waals surface area contributed by atoms with E-state index in [-0.39, 0.29) is 37.9 Å². The van der Waals surface area contributed by atoms with Crippen molar-refractivity contribution in [2.75, 3.05) is 26.9 Å². The van der Waals surface area contributed by atoms with Crippen molar-refractivity contribution in [2.24, 2.45) is 4.99 Å². The van der Waals surface area contributed by atoms with Crippen molar-refractivity contribution in [1.29, 1.82) is 0 Å². The first-order valence-corrected chi connectivity index (χ1v) is 9.70. The number of benzene rings is 1. The first-order chi connectivity index (χ1) is 13.7. The maximum Gasteiger partial charge on any atom is 0.306 e. The molecule has 0 saturated carbocycles. The number of rotatable bonds is 9. The minimum Gasteiger partial charge on any atom is -0.494 e. The van der Waals surface area contributed by atoms with Crippen molar-refractivity contribution in [2.45, 2.75) is 51.2 Å². The highest BCUT2D eigenvalue weighted by molar-refractivity contribution is 6.00. The van der Waals surface area contributed by atoms with Crippen LogP contribution in [-0.4, -0.2) is 60.9 Å². The number of esters is 1. The molecule has 29 heavy (non-hydrogen) atoms. The van der Waals surface area contributed by atoms with Crippen LogP contribution in [0.25, 0.3) is 0 Å². The summed E-state index contributed by atoms with van der Waals surface area (Å²) >= 11 is 0. The molecule has 2 N–H and O–H groups in total. The molecule has 1 aliphatic rings. The number of hydrogen-bond acceptors (Lipinski definition) is 7. The van der Waals surface area contributed by atoms with Gasteiger partial charge in [0, 0.05) is 32.1 Å². The highest BCUT2D eigenvalue weighted by Gasteiger charge is 2.44. The summed E-state index contributed by atoms with van der Waals surface area (Å²) in [5.74, 6) is 0.330. The highest BCUT2D eigenvalue weighted by atomic mass is 16.6.